The molecule has 5 rings (SSSR count). The average molecular weight is 424 g/mol. The van der Waals surface area contributed by atoms with E-state index in [1.54, 1.807) is 6.07 Å². The lowest BCUT2D eigenvalue weighted by atomic mass is 9.70. The van der Waals surface area contributed by atoms with Crippen molar-refractivity contribution in [3.8, 4) is 17.6 Å². The van der Waals surface area contributed by atoms with Crippen LogP contribution >= 0.6 is 11.6 Å². The molecular formula is C22H18ClN3O4. The molecule has 1 aromatic carbocycles. The lowest BCUT2D eigenvalue weighted by molar-refractivity contribution is -0.119. The first-order valence-electron chi connectivity index (χ1n) is 9.51. The number of ketones is 1. The van der Waals surface area contributed by atoms with E-state index in [0.29, 0.717) is 46.8 Å². The number of hydrogen-bond acceptors (Lipinski definition) is 7. The van der Waals surface area contributed by atoms with E-state index in [0.717, 1.165) is 5.39 Å². The molecule has 3 aliphatic rings. The number of hydrogen-bond donors (Lipinski definition) is 1. The molecule has 0 saturated heterocycles. The van der Waals surface area contributed by atoms with Crippen LogP contribution in [0.2, 0.25) is 5.15 Å². The molecule has 3 heterocycles. The Balaban J connectivity index is 1.73. The van der Waals surface area contributed by atoms with Crippen LogP contribution in [-0.4, -0.2) is 17.6 Å². The third-order valence-electron chi connectivity index (χ3n) is 5.68. The quantitative estimate of drug-likeness (QED) is 0.689. The zero-order chi connectivity index (χ0) is 21.2. The highest BCUT2D eigenvalue weighted by atomic mass is 35.5. The SMILES string of the molecule is CC1(C)CC(=O)C2=C(C1)OC(N)=C(C#N)C2c1cc2cc3c(cc2nc1Cl)OCO3. The van der Waals surface area contributed by atoms with Gasteiger partial charge in [0.15, 0.2) is 17.3 Å². The lowest BCUT2D eigenvalue weighted by Gasteiger charge is -2.37. The number of nitrogens with two attached hydrogens (primary N) is 1. The minimum absolute atomic E-state index is 0.00593. The molecule has 1 unspecified atom stereocenters. The number of allylic oxidation sites excluding steroid dienone is 3. The molecule has 0 fully saturated rings. The summed E-state index contributed by atoms with van der Waals surface area (Å²) in [5, 5.41) is 10.8. The second kappa shape index (κ2) is 6.38. The first-order chi connectivity index (χ1) is 14.3. The van der Waals surface area contributed by atoms with Gasteiger partial charge in [0.25, 0.3) is 0 Å². The van der Waals surface area contributed by atoms with Crippen LogP contribution in [0.5, 0.6) is 11.5 Å². The van der Waals surface area contributed by atoms with Crippen molar-refractivity contribution in [1.82, 2.24) is 4.98 Å². The fraction of sp³-hybridized carbons (Fsp3) is 0.318. The minimum Gasteiger partial charge on any atom is -0.454 e. The average Bonchev–Trinajstić information content (AvgIpc) is 3.11. The van der Waals surface area contributed by atoms with Gasteiger partial charge in [0, 0.05) is 35.4 Å². The molecule has 152 valence electrons. The van der Waals surface area contributed by atoms with Crippen molar-refractivity contribution in [2.45, 2.75) is 32.6 Å². The maximum atomic E-state index is 13.1. The van der Waals surface area contributed by atoms with Crippen LogP contribution in [0, 0.1) is 16.7 Å². The van der Waals surface area contributed by atoms with E-state index in [1.165, 1.54) is 0 Å². The summed E-state index contributed by atoms with van der Waals surface area (Å²) in [6.07, 6.45) is 0.892. The highest BCUT2D eigenvalue weighted by Gasteiger charge is 2.43. The fourth-order valence-corrected chi connectivity index (χ4v) is 4.61. The minimum atomic E-state index is -0.725. The summed E-state index contributed by atoms with van der Waals surface area (Å²) in [6.45, 7) is 4.14. The molecule has 2 N–H and O–H groups in total. The first-order valence-corrected chi connectivity index (χ1v) is 9.89. The molecule has 30 heavy (non-hydrogen) atoms. The lowest BCUT2D eigenvalue weighted by Crippen LogP contribution is -2.33. The number of carbonyl (C=O) groups excluding carboxylic acids is 1. The summed E-state index contributed by atoms with van der Waals surface area (Å²) in [6, 6.07) is 7.50. The number of Topliss-reactive ketones (excluding diaryl/α,β-unsaturated/α-hetero) is 1. The zero-order valence-electron chi connectivity index (χ0n) is 16.4. The van der Waals surface area contributed by atoms with Crippen molar-refractivity contribution < 1.29 is 19.0 Å². The van der Waals surface area contributed by atoms with Gasteiger partial charge in [-0.2, -0.15) is 5.26 Å². The molecule has 0 amide bonds. The van der Waals surface area contributed by atoms with Gasteiger partial charge in [-0.25, -0.2) is 4.98 Å². The molecule has 2 aromatic rings. The Morgan fingerprint density at radius 1 is 1.23 bits per heavy atom. The molecule has 1 aliphatic carbocycles. The monoisotopic (exact) mass is 423 g/mol. The molecule has 7 nitrogen and oxygen atoms in total. The molecule has 0 spiro atoms. The van der Waals surface area contributed by atoms with Gasteiger partial charge in [-0.1, -0.05) is 25.4 Å². The summed E-state index contributed by atoms with van der Waals surface area (Å²) >= 11 is 6.56. The third-order valence-corrected chi connectivity index (χ3v) is 5.98. The molecule has 1 aromatic heterocycles. The van der Waals surface area contributed by atoms with Crippen LogP contribution in [-0.2, 0) is 9.53 Å². The van der Waals surface area contributed by atoms with Gasteiger partial charge in [-0.05, 0) is 17.5 Å². The Morgan fingerprint density at radius 3 is 2.70 bits per heavy atom. The standard InChI is InChI=1S/C22H18ClN3O4/c1-22(2)6-14(27)19-17(7-22)30-21(25)12(8-24)18(19)11-3-10-4-15-16(29-9-28-15)5-13(10)26-20(11)23/h3-5,18H,6-7,9,25H2,1-2H3. The summed E-state index contributed by atoms with van der Waals surface area (Å²) in [5.74, 6) is 0.899. The van der Waals surface area contributed by atoms with Crippen LogP contribution < -0.4 is 15.2 Å². The molecule has 0 bridgehead atoms. The predicted octanol–water partition coefficient (Wildman–Crippen LogP) is 4.07. The number of ether oxygens (including phenoxy) is 3. The predicted molar refractivity (Wildman–Crippen MR) is 109 cm³/mol. The summed E-state index contributed by atoms with van der Waals surface area (Å²) in [4.78, 5) is 17.6. The van der Waals surface area contributed by atoms with Gasteiger partial charge in [-0.15, -0.1) is 0 Å². The topological polar surface area (TPSA) is 107 Å². The molecule has 2 aliphatic heterocycles. The number of fused-ring (bicyclic) bond motifs is 2. The van der Waals surface area contributed by atoms with Crippen molar-refractivity contribution >= 4 is 28.3 Å². The van der Waals surface area contributed by atoms with Crippen molar-refractivity contribution in [2.75, 3.05) is 6.79 Å². The number of pyridine rings is 1. The van der Waals surface area contributed by atoms with Crippen LogP contribution in [0.15, 0.2) is 41.0 Å². The number of benzene rings is 1. The third kappa shape index (κ3) is 2.79. The van der Waals surface area contributed by atoms with Crippen LogP contribution in [0.1, 0.15) is 38.2 Å². The van der Waals surface area contributed by atoms with E-state index in [1.807, 2.05) is 26.0 Å². The molecule has 8 heteroatoms. The van der Waals surface area contributed by atoms with Gasteiger partial charge >= 0.3 is 0 Å². The Hall–Kier alpha value is -3.24. The van der Waals surface area contributed by atoms with Gasteiger partial charge < -0.3 is 19.9 Å². The Kier molecular flexibility index (Phi) is 3.99. The summed E-state index contributed by atoms with van der Waals surface area (Å²) < 4.78 is 16.6. The van der Waals surface area contributed by atoms with E-state index in [2.05, 4.69) is 11.1 Å². The van der Waals surface area contributed by atoms with Crippen molar-refractivity contribution in [3.05, 3.63) is 51.7 Å². The van der Waals surface area contributed by atoms with Crippen molar-refractivity contribution in [3.63, 3.8) is 0 Å². The van der Waals surface area contributed by atoms with Crippen molar-refractivity contribution in [2.24, 2.45) is 11.1 Å². The van der Waals surface area contributed by atoms with E-state index in [9.17, 15) is 10.1 Å². The fourth-order valence-electron chi connectivity index (χ4n) is 4.35. The Morgan fingerprint density at radius 2 is 1.97 bits per heavy atom. The number of aromatic nitrogens is 1. The zero-order valence-corrected chi connectivity index (χ0v) is 17.2. The normalized spacial score (nSPS) is 22.1. The summed E-state index contributed by atoms with van der Waals surface area (Å²) in [5.41, 5.74) is 7.58. The Bertz CT molecular complexity index is 1240. The van der Waals surface area contributed by atoms with E-state index in [4.69, 9.17) is 31.5 Å². The number of rotatable bonds is 1. The number of halogens is 1. The van der Waals surface area contributed by atoms with Gasteiger partial charge in [-0.3, -0.25) is 4.79 Å². The largest absolute Gasteiger partial charge is 0.454 e. The van der Waals surface area contributed by atoms with Crippen LogP contribution in [0.25, 0.3) is 10.9 Å². The highest BCUT2D eigenvalue weighted by molar-refractivity contribution is 6.31. The number of carbonyl (C=O) groups is 1. The van der Waals surface area contributed by atoms with Crippen LogP contribution in [0.3, 0.4) is 0 Å². The van der Waals surface area contributed by atoms with E-state index >= 15 is 0 Å². The smallest absolute Gasteiger partial charge is 0.231 e. The number of nitrogens with zero attached hydrogens (tertiary/aromatic N) is 2. The second-order valence-corrected chi connectivity index (χ2v) is 8.83. The molecule has 1 atom stereocenters. The number of nitriles is 1. The van der Waals surface area contributed by atoms with Gasteiger partial charge in [0.05, 0.1) is 11.4 Å². The van der Waals surface area contributed by atoms with Crippen molar-refractivity contribution in [1.29, 1.82) is 5.26 Å². The summed E-state index contributed by atoms with van der Waals surface area (Å²) in [7, 11) is 0. The second-order valence-electron chi connectivity index (χ2n) is 8.47. The van der Waals surface area contributed by atoms with E-state index < -0.39 is 5.92 Å². The van der Waals surface area contributed by atoms with Gasteiger partial charge in [0.1, 0.15) is 22.6 Å². The highest BCUT2D eigenvalue weighted by Crippen LogP contribution is 2.49. The molecule has 0 radical (unpaired) electrons. The van der Waals surface area contributed by atoms with E-state index in [-0.39, 0.29) is 34.6 Å². The molecule has 0 saturated carbocycles. The maximum absolute atomic E-state index is 13.1. The van der Waals surface area contributed by atoms with Crippen LogP contribution in [0.4, 0.5) is 0 Å². The Labute approximate surface area is 177 Å². The van der Waals surface area contributed by atoms with Gasteiger partial charge in [0.2, 0.25) is 12.7 Å². The first kappa shape index (κ1) is 18.8. The molecular weight excluding hydrogens is 406 g/mol. The maximum Gasteiger partial charge on any atom is 0.231 e.